The minimum Gasteiger partial charge on any atom is -0.477 e. The van der Waals surface area contributed by atoms with Crippen molar-refractivity contribution in [1.29, 1.82) is 0 Å². The van der Waals surface area contributed by atoms with E-state index in [4.69, 9.17) is 5.11 Å². The zero-order valence-electron chi connectivity index (χ0n) is 6.21. The zero-order valence-corrected chi connectivity index (χ0v) is 8.21. The first-order valence-corrected chi connectivity index (χ1v) is 2.66. The molecule has 59 valence electrons. The summed E-state index contributed by atoms with van der Waals surface area (Å²) in [4.78, 5) is 13.0. The van der Waals surface area contributed by atoms with Gasteiger partial charge in [-0.2, -0.15) is 4.39 Å². The fourth-order valence-electron chi connectivity index (χ4n) is 0.575. The van der Waals surface area contributed by atoms with E-state index in [1.165, 1.54) is 0 Å². The van der Waals surface area contributed by atoms with Crippen LogP contribution < -0.4 is 0 Å². The van der Waals surface area contributed by atoms with E-state index in [1.807, 2.05) is 0 Å². The van der Waals surface area contributed by atoms with Gasteiger partial charge in [-0.15, -0.1) is 0 Å². The molecule has 0 bridgehead atoms. The number of pyridine rings is 1. The Morgan fingerprint density at radius 1 is 1.42 bits per heavy atom. The van der Waals surface area contributed by atoms with Gasteiger partial charge in [0.2, 0.25) is 5.95 Å². The minimum absolute atomic E-state index is 0. The summed E-state index contributed by atoms with van der Waals surface area (Å²) < 4.78 is 24.4. The van der Waals surface area contributed by atoms with Gasteiger partial charge in [0.15, 0.2) is 5.69 Å². The van der Waals surface area contributed by atoms with Crippen LogP contribution in [-0.2, 0) is 0 Å². The third kappa shape index (κ3) is 2.84. The second kappa shape index (κ2) is 4.49. The summed E-state index contributed by atoms with van der Waals surface area (Å²) >= 11 is 0. The standard InChI is InChI=1S/C6H3F2NO2.Na/c7-3-1-4(6(10)11)9-5(8)2-3;/h1-2H,(H,10,11);. The molecule has 1 heterocycles. The van der Waals surface area contributed by atoms with Gasteiger partial charge < -0.3 is 5.11 Å². The van der Waals surface area contributed by atoms with E-state index in [1.54, 1.807) is 0 Å². The van der Waals surface area contributed by atoms with Crippen LogP contribution in [0.3, 0.4) is 0 Å². The second-order valence-corrected chi connectivity index (χ2v) is 1.80. The molecule has 1 rings (SSSR count). The summed E-state index contributed by atoms with van der Waals surface area (Å²) in [7, 11) is 0. The molecular formula is C6H3F2NNaO2. The van der Waals surface area contributed by atoms with E-state index in [-0.39, 0.29) is 29.6 Å². The normalized spacial score (nSPS) is 8.83. The summed E-state index contributed by atoms with van der Waals surface area (Å²) in [6, 6.07) is 1.15. The first kappa shape index (κ1) is 11.5. The van der Waals surface area contributed by atoms with Crippen LogP contribution in [0.4, 0.5) is 8.78 Å². The summed E-state index contributed by atoms with van der Waals surface area (Å²) in [6.07, 6.45) is 0. The maximum atomic E-state index is 12.2. The van der Waals surface area contributed by atoms with Crippen LogP contribution in [0.2, 0.25) is 0 Å². The Bertz CT molecular complexity index is 285. The van der Waals surface area contributed by atoms with Gasteiger partial charge in [-0.1, -0.05) is 0 Å². The Hall–Kier alpha value is -0.520. The van der Waals surface area contributed by atoms with E-state index in [9.17, 15) is 13.6 Å². The van der Waals surface area contributed by atoms with Crippen LogP contribution in [-0.4, -0.2) is 45.6 Å². The molecular weight excluding hydrogens is 179 g/mol. The fraction of sp³-hybridized carbons (Fsp3) is 0. The first-order valence-electron chi connectivity index (χ1n) is 2.66. The number of carboxylic acid groups (broad SMARTS) is 1. The summed E-state index contributed by atoms with van der Waals surface area (Å²) in [5, 5.41) is 8.24. The van der Waals surface area contributed by atoms with Crippen LogP contribution in [0.25, 0.3) is 0 Å². The summed E-state index contributed by atoms with van der Waals surface area (Å²) in [5.74, 6) is -3.54. The minimum atomic E-state index is -1.46. The molecule has 0 unspecified atom stereocenters. The maximum absolute atomic E-state index is 12.2. The predicted molar refractivity (Wildman–Crippen MR) is 36.9 cm³/mol. The third-order valence-corrected chi connectivity index (χ3v) is 0.978. The maximum Gasteiger partial charge on any atom is 0.354 e. The average Bonchev–Trinajstić information content (AvgIpc) is 1.85. The Labute approximate surface area is 88.7 Å². The van der Waals surface area contributed by atoms with Crippen LogP contribution >= 0.6 is 0 Å². The van der Waals surface area contributed by atoms with Crippen molar-refractivity contribution in [1.82, 2.24) is 4.98 Å². The molecule has 0 saturated carbocycles. The van der Waals surface area contributed by atoms with E-state index < -0.39 is 23.4 Å². The number of aromatic carboxylic acids is 1. The molecule has 0 aliphatic heterocycles. The van der Waals surface area contributed by atoms with Gasteiger partial charge >= 0.3 is 5.97 Å². The Kier molecular flexibility index (Phi) is 4.30. The van der Waals surface area contributed by atoms with Crippen molar-refractivity contribution >= 4 is 35.5 Å². The van der Waals surface area contributed by atoms with Crippen molar-refractivity contribution in [3.8, 4) is 0 Å². The predicted octanol–water partition coefficient (Wildman–Crippen LogP) is 0.677. The molecule has 1 N–H and O–H groups in total. The number of carbonyl (C=O) groups is 1. The van der Waals surface area contributed by atoms with Gasteiger partial charge in [-0.05, 0) is 0 Å². The number of hydrogen-bond acceptors (Lipinski definition) is 2. The number of rotatable bonds is 1. The quantitative estimate of drug-likeness (QED) is 0.513. The van der Waals surface area contributed by atoms with Crippen molar-refractivity contribution in [3.05, 3.63) is 29.6 Å². The van der Waals surface area contributed by atoms with Crippen molar-refractivity contribution in [3.63, 3.8) is 0 Å². The molecule has 3 nitrogen and oxygen atoms in total. The average molecular weight is 182 g/mol. The van der Waals surface area contributed by atoms with Gasteiger partial charge in [-0.25, -0.2) is 14.2 Å². The van der Waals surface area contributed by atoms with Gasteiger partial charge in [0.25, 0.3) is 0 Å². The second-order valence-electron chi connectivity index (χ2n) is 1.80. The van der Waals surface area contributed by atoms with E-state index in [0.29, 0.717) is 12.1 Å². The third-order valence-electron chi connectivity index (χ3n) is 0.978. The van der Waals surface area contributed by atoms with Crippen molar-refractivity contribution in [2.45, 2.75) is 0 Å². The monoisotopic (exact) mass is 182 g/mol. The van der Waals surface area contributed by atoms with Gasteiger partial charge in [0.1, 0.15) is 5.82 Å². The molecule has 1 aromatic heterocycles. The van der Waals surface area contributed by atoms with E-state index in [0.717, 1.165) is 0 Å². The number of hydrogen-bond donors (Lipinski definition) is 1. The van der Waals surface area contributed by atoms with Crippen molar-refractivity contribution < 1.29 is 18.7 Å². The Balaban J connectivity index is 0.00000121. The molecule has 6 heteroatoms. The molecule has 0 atom stereocenters. The SMILES string of the molecule is O=C(O)c1cc(F)cc(F)n1.[Na]. The smallest absolute Gasteiger partial charge is 0.354 e. The number of carboxylic acids is 1. The number of halogens is 2. The molecule has 1 radical (unpaired) electrons. The molecule has 0 amide bonds. The van der Waals surface area contributed by atoms with E-state index in [2.05, 4.69) is 4.98 Å². The first-order chi connectivity index (χ1) is 5.09. The van der Waals surface area contributed by atoms with Crippen LogP contribution in [0.15, 0.2) is 12.1 Å². The number of nitrogens with zero attached hydrogens (tertiary/aromatic N) is 1. The molecule has 0 saturated heterocycles. The molecule has 0 aliphatic carbocycles. The molecule has 12 heavy (non-hydrogen) atoms. The Morgan fingerprint density at radius 3 is 2.42 bits per heavy atom. The molecule has 0 aliphatic rings. The van der Waals surface area contributed by atoms with Crippen molar-refractivity contribution in [2.24, 2.45) is 0 Å². The van der Waals surface area contributed by atoms with Crippen LogP contribution in [0.1, 0.15) is 10.5 Å². The Morgan fingerprint density at radius 2 is 2.00 bits per heavy atom. The molecule has 1 aromatic rings. The fourth-order valence-corrected chi connectivity index (χ4v) is 0.575. The largest absolute Gasteiger partial charge is 0.477 e. The van der Waals surface area contributed by atoms with Crippen molar-refractivity contribution in [2.75, 3.05) is 0 Å². The molecule has 0 spiro atoms. The van der Waals surface area contributed by atoms with Gasteiger partial charge in [0, 0.05) is 41.7 Å². The topological polar surface area (TPSA) is 50.2 Å². The molecule has 0 aromatic carbocycles. The summed E-state index contributed by atoms with van der Waals surface area (Å²) in [6.45, 7) is 0. The zero-order chi connectivity index (χ0) is 8.43. The van der Waals surface area contributed by atoms with Crippen LogP contribution in [0.5, 0.6) is 0 Å². The number of aromatic nitrogens is 1. The van der Waals surface area contributed by atoms with Gasteiger partial charge in [-0.3, -0.25) is 0 Å². The van der Waals surface area contributed by atoms with Gasteiger partial charge in [0.05, 0.1) is 0 Å². The van der Waals surface area contributed by atoms with E-state index >= 15 is 0 Å². The molecule has 0 fully saturated rings. The van der Waals surface area contributed by atoms with Crippen LogP contribution in [0, 0.1) is 11.8 Å². The summed E-state index contributed by atoms with van der Waals surface area (Å²) in [5.41, 5.74) is -0.637.